The van der Waals surface area contributed by atoms with Crippen LogP contribution in [0.3, 0.4) is 0 Å². The van der Waals surface area contributed by atoms with E-state index in [9.17, 15) is 45.5 Å². The summed E-state index contributed by atoms with van der Waals surface area (Å²) in [5.41, 5.74) is -3.64. The number of esters is 4. The van der Waals surface area contributed by atoms with Gasteiger partial charge in [-0.25, -0.2) is 9.59 Å². The largest absolute Gasteiger partial charge is 0.466 e. The zero-order valence-corrected chi connectivity index (χ0v) is 28.2. The fourth-order valence-electron chi connectivity index (χ4n) is 7.07. The Bertz CT molecular complexity index is 1120. The number of ether oxygens (including phenoxy) is 4. The Morgan fingerprint density at radius 1 is 0.745 bits per heavy atom. The minimum atomic E-state index is -4.50. The van der Waals surface area contributed by atoms with Gasteiger partial charge in [0.1, 0.15) is 0 Å². The molecule has 7 unspecified atom stereocenters. The van der Waals surface area contributed by atoms with E-state index in [0.29, 0.717) is 35.8 Å². The molecule has 14 heteroatoms. The lowest BCUT2D eigenvalue weighted by Crippen LogP contribution is -2.52. The molecule has 0 aromatic rings. The minimum absolute atomic E-state index is 0.0409. The fourth-order valence-corrected chi connectivity index (χ4v) is 7.07. The van der Waals surface area contributed by atoms with Crippen molar-refractivity contribution in [1.29, 1.82) is 0 Å². The van der Waals surface area contributed by atoms with Crippen molar-refractivity contribution < 1.29 is 64.5 Å². The van der Waals surface area contributed by atoms with Crippen molar-refractivity contribution >= 4 is 23.9 Å². The number of carbonyl (C=O) groups is 4. The van der Waals surface area contributed by atoms with Crippen LogP contribution in [-0.4, -0.2) is 61.7 Å². The molecule has 8 nitrogen and oxygen atoms in total. The molecule has 270 valence electrons. The zero-order chi connectivity index (χ0) is 36.5. The molecule has 0 aliphatic heterocycles. The highest BCUT2D eigenvalue weighted by molar-refractivity contribution is 5.87. The normalized spacial score (nSPS) is 28.1. The van der Waals surface area contributed by atoms with Crippen LogP contribution in [0.5, 0.6) is 0 Å². The molecule has 4 saturated carbocycles. The van der Waals surface area contributed by atoms with E-state index in [2.05, 4.69) is 32.1 Å². The van der Waals surface area contributed by atoms with Crippen LogP contribution in [0.15, 0.2) is 24.3 Å². The molecule has 47 heavy (non-hydrogen) atoms. The van der Waals surface area contributed by atoms with E-state index in [4.69, 9.17) is 0 Å². The molecule has 4 rings (SSSR count). The molecule has 0 aromatic heterocycles. The maximum atomic E-state index is 13.1. The molecule has 0 aromatic carbocycles. The first-order valence-corrected chi connectivity index (χ1v) is 15.4. The van der Waals surface area contributed by atoms with Gasteiger partial charge in [-0.15, -0.1) is 0 Å². The number of hydrogen-bond donors (Lipinski definition) is 0. The summed E-state index contributed by atoms with van der Waals surface area (Å²) in [4.78, 5) is 42.1. The first-order chi connectivity index (χ1) is 21.4. The Labute approximate surface area is 272 Å². The third kappa shape index (κ3) is 11.5. The summed E-state index contributed by atoms with van der Waals surface area (Å²) in [6, 6.07) is 0. The second-order valence-corrected chi connectivity index (χ2v) is 13.1. The molecule has 0 heterocycles. The van der Waals surface area contributed by atoms with Crippen LogP contribution < -0.4 is 0 Å². The average Bonchev–Trinajstić information content (AvgIpc) is 3.74. The number of rotatable bonds is 6. The quantitative estimate of drug-likeness (QED) is 0.121. The van der Waals surface area contributed by atoms with Crippen molar-refractivity contribution in [3.63, 3.8) is 0 Å². The minimum Gasteiger partial charge on any atom is -0.466 e. The fraction of sp³-hybridized carbons (Fsp3) is 0.758. The highest BCUT2D eigenvalue weighted by Crippen LogP contribution is 2.59. The molecular formula is C33H48F6O8. The number of carbonyl (C=O) groups excluding carboxylic acids is 4. The van der Waals surface area contributed by atoms with E-state index >= 15 is 0 Å². The average molecular weight is 687 g/mol. The smallest absolute Gasteiger partial charge is 0.428 e. The second kappa shape index (κ2) is 16.9. The van der Waals surface area contributed by atoms with Crippen LogP contribution in [0.25, 0.3) is 0 Å². The SMILES string of the molecule is C=C(C)C(=O)OC.C=C(C)C(=O)OC.CC(=O)OC(C)(CC1CC2CCC1C2)C(F)(F)F.CC(=O)OC1(C(F)(F)F)CC2CCC1C2. The number of hydrogen-bond acceptors (Lipinski definition) is 8. The topological polar surface area (TPSA) is 105 Å². The van der Waals surface area contributed by atoms with Crippen LogP contribution in [0, 0.1) is 29.6 Å². The van der Waals surface area contributed by atoms with Crippen molar-refractivity contribution in [3.05, 3.63) is 24.3 Å². The Morgan fingerprint density at radius 2 is 1.26 bits per heavy atom. The van der Waals surface area contributed by atoms with E-state index in [1.165, 1.54) is 14.2 Å². The van der Waals surface area contributed by atoms with Crippen LogP contribution in [-0.2, 0) is 38.1 Å². The molecule has 4 aliphatic carbocycles. The van der Waals surface area contributed by atoms with E-state index < -0.39 is 41.4 Å². The van der Waals surface area contributed by atoms with Gasteiger partial charge in [0.15, 0.2) is 0 Å². The van der Waals surface area contributed by atoms with E-state index in [0.717, 1.165) is 52.9 Å². The lowest BCUT2D eigenvalue weighted by molar-refractivity contribution is -0.284. The molecular weight excluding hydrogens is 638 g/mol. The van der Waals surface area contributed by atoms with E-state index in [1.54, 1.807) is 13.8 Å². The number of methoxy groups -OCH3 is 2. The first-order valence-electron chi connectivity index (χ1n) is 15.4. The molecule has 0 radical (unpaired) electrons. The van der Waals surface area contributed by atoms with Gasteiger partial charge in [-0.2, -0.15) is 26.3 Å². The number of fused-ring (bicyclic) bond motifs is 4. The molecule has 4 aliphatic rings. The Balaban J connectivity index is 0.000000342. The number of halogens is 6. The van der Waals surface area contributed by atoms with Crippen molar-refractivity contribution in [2.45, 2.75) is 116 Å². The predicted octanol–water partition coefficient (Wildman–Crippen LogP) is 7.84. The monoisotopic (exact) mass is 686 g/mol. The summed E-state index contributed by atoms with van der Waals surface area (Å²) in [7, 11) is 2.66. The Kier molecular flexibility index (Phi) is 15.0. The van der Waals surface area contributed by atoms with Crippen molar-refractivity contribution in [2.75, 3.05) is 14.2 Å². The standard InChI is InChI=1S/C13H19F3O2.C10H13F3O2.2C5H8O2/c1-8(17)18-12(2,13(14,15)16)7-11-6-9-3-4-10(11)5-9;1-6(14)15-9(10(11,12)13)5-7-2-3-8(9)4-7;2*1-4(2)5(6)7-3/h9-11H,3-7H2,1-2H3;7-8H,2-5H2,1H3;2*1H2,2-3H3. The van der Waals surface area contributed by atoms with Crippen LogP contribution in [0.2, 0.25) is 0 Å². The lowest BCUT2D eigenvalue weighted by atomic mass is 9.80. The molecule has 0 N–H and O–H groups in total. The van der Waals surface area contributed by atoms with E-state index in [-0.39, 0.29) is 36.6 Å². The Morgan fingerprint density at radius 3 is 1.51 bits per heavy atom. The summed E-state index contributed by atoms with van der Waals surface area (Å²) in [5, 5.41) is 0. The summed E-state index contributed by atoms with van der Waals surface area (Å²) in [6.07, 6.45) is -3.05. The van der Waals surface area contributed by atoms with Gasteiger partial charge < -0.3 is 18.9 Å². The summed E-state index contributed by atoms with van der Waals surface area (Å²) in [6.45, 7) is 13.0. The maximum Gasteiger partial charge on any atom is 0.428 e. The molecule has 4 bridgehead atoms. The highest BCUT2D eigenvalue weighted by Gasteiger charge is 2.68. The van der Waals surface area contributed by atoms with Crippen LogP contribution in [0.4, 0.5) is 26.3 Å². The van der Waals surface area contributed by atoms with Crippen molar-refractivity contribution in [1.82, 2.24) is 0 Å². The van der Waals surface area contributed by atoms with Gasteiger partial charge in [-0.3, -0.25) is 9.59 Å². The van der Waals surface area contributed by atoms with Crippen molar-refractivity contribution in [3.8, 4) is 0 Å². The zero-order valence-electron chi connectivity index (χ0n) is 28.2. The van der Waals surface area contributed by atoms with Gasteiger partial charge in [0.05, 0.1) is 14.2 Å². The van der Waals surface area contributed by atoms with E-state index in [1.807, 2.05) is 0 Å². The highest BCUT2D eigenvalue weighted by atomic mass is 19.4. The number of alkyl halides is 6. The van der Waals surface area contributed by atoms with Crippen molar-refractivity contribution in [2.24, 2.45) is 29.6 Å². The van der Waals surface area contributed by atoms with Crippen LogP contribution in [0.1, 0.15) is 92.4 Å². The summed E-state index contributed by atoms with van der Waals surface area (Å²) < 4.78 is 95.9. The second-order valence-electron chi connectivity index (χ2n) is 13.1. The lowest BCUT2D eigenvalue weighted by Gasteiger charge is -2.38. The van der Waals surface area contributed by atoms with Gasteiger partial charge in [-0.05, 0) is 95.8 Å². The predicted molar refractivity (Wildman–Crippen MR) is 159 cm³/mol. The third-order valence-electron chi connectivity index (χ3n) is 9.17. The van der Waals surface area contributed by atoms with Crippen LogP contribution >= 0.6 is 0 Å². The van der Waals surface area contributed by atoms with Gasteiger partial charge >= 0.3 is 36.2 Å². The van der Waals surface area contributed by atoms with Gasteiger partial charge in [0.2, 0.25) is 11.2 Å². The summed E-state index contributed by atoms with van der Waals surface area (Å²) >= 11 is 0. The first kappa shape index (κ1) is 42.0. The van der Waals surface area contributed by atoms with Gasteiger partial charge in [0, 0.05) is 30.9 Å². The Hall–Kier alpha value is -3.06. The van der Waals surface area contributed by atoms with Gasteiger partial charge in [-0.1, -0.05) is 19.6 Å². The molecule has 0 saturated heterocycles. The summed E-state index contributed by atoms with van der Waals surface area (Å²) in [5.74, 6) is -1.79. The maximum absolute atomic E-state index is 13.1. The third-order valence-corrected chi connectivity index (χ3v) is 9.17. The molecule has 0 spiro atoms. The van der Waals surface area contributed by atoms with Gasteiger partial charge in [0.25, 0.3) is 0 Å². The molecule has 0 amide bonds. The molecule has 4 fully saturated rings. The molecule has 7 atom stereocenters.